The molecule has 5 N–H and O–H groups in total. The zero-order valence-electron chi connectivity index (χ0n) is 7.47. The molecule has 0 amide bonds. The average Bonchev–Trinajstić information content (AvgIpc) is 2.16. The number of benzene rings is 1. The molecule has 0 aliphatic carbocycles. The molecule has 5 nitrogen and oxygen atoms in total. The van der Waals surface area contributed by atoms with E-state index in [1.54, 1.807) is 12.1 Å². The quantitative estimate of drug-likeness (QED) is 0.516. The van der Waals surface area contributed by atoms with Gasteiger partial charge in [0.25, 0.3) is 0 Å². The molecule has 0 unspecified atom stereocenters. The van der Waals surface area contributed by atoms with Crippen LogP contribution in [-0.2, 0) is 4.79 Å². The summed E-state index contributed by atoms with van der Waals surface area (Å²) in [4.78, 5) is 10.4. The highest BCUT2D eigenvalue weighted by molar-refractivity contribution is 5.74. The van der Waals surface area contributed by atoms with E-state index >= 15 is 0 Å². The lowest BCUT2D eigenvalue weighted by Crippen LogP contribution is -2.36. The van der Waals surface area contributed by atoms with Gasteiger partial charge in [0.15, 0.2) is 0 Å². The molecule has 76 valence electrons. The van der Waals surface area contributed by atoms with Crippen LogP contribution >= 0.6 is 0 Å². The zero-order valence-corrected chi connectivity index (χ0v) is 7.47. The first-order chi connectivity index (χ1) is 6.59. The van der Waals surface area contributed by atoms with E-state index in [0.29, 0.717) is 0 Å². The van der Waals surface area contributed by atoms with Crippen molar-refractivity contribution in [1.29, 1.82) is 0 Å². The molecular formula is C9H12N2O3. The van der Waals surface area contributed by atoms with Crippen LogP contribution in [0, 0.1) is 0 Å². The fourth-order valence-corrected chi connectivity index (χ4v) is 0.894. The molecule has 0 saturated heterocycles. The number of anilines is 1. The Kier molecular flexibility index (Phi) is 3.30. The Labute approximate surface area is 81.2 Å². The molecule has 5 heteroatoms. The highest BCUT2D eigenvalue weighted by Crippen LogP contribution is 2.13. The van der Waals surface area contributed by atoms with Crippen molar-refractivity contribution in [3.05, 3.63) is 24.3 Å². The van der Waals surface area contributed by atoms with Gasteiger partial charge in [-0.15, -0.1) is 0 Å². The second-order valence-electron chi connectivity index (χ2n) is 2.87. The Morgan fingerprint density at radius 3 is 2.50 bits per heavy atom. The van der Waals surface area contributed by atoms with E-state index in [2.05, 4.69) is 5.32 Å². The number of carbonyl (C=O) groups is 1. The minimum Gasteiger partial charge on any atom is -0.508 e. The van der Waals surface area contributed by atoms with Gasteiger partial charge in [0.1, 0.15) is 11.8 Å². The number of phenols is 1. The molecule has 0 saturated carbocycles. The van der Waals surface area contributed by atoms with Gasteiger partial charge in [-0.25, -0.2) is 0 Å². The minimum atomic E-state index is -1.05. The topological polar surface area (TPSA) is 95.6 Å². The number of carboxylic acids is 1. The Balaban J connectivity index is 2.46. The molecular weight excluding hydrogens is 184 g/mol. The molecule has 1 rings (SSSR count). The molecule has 1 aromatic carbocycles. The molecule has 1 aromatic rings. The van der Waals surface area contributed by atoms with Crippen molar-refractivity contribution in [3.8, 4) is 5.75 Å². The number of aromatic hydroxyl groups is 1. The highest BCUT2D eigenvalue weighted by atomic mass is 16.4. The van der Waals surface area contributed by atoms with E-state index < -0.39 is 12.0 Å². The van der Waals surface area contributed by atoms with Crippen molar-refractivity contribution in [2.75, 3.05) is 11.9 Å². The van der Waals surface area contributed by atoms with Gasteiger partial charge in [0.2, 0.25) is 0 Å². The third-order valence-electron chi connectivity index (χ3n) is 1.71. The molecule has 0 fully saturated rings. The second-order valence-corrected chi connectivity index (χ2v) is 2.87. The Morgan fingerprint density at radius 1 is 1.43 bits per heavy atom. The van der Waals surface area contributed by atoms with Crippen LogP contribution in [0.5, 0.6) is 5.75 Å². The maximum atomic E-state index is 10.4. The van der Waals surface area contributed by atoms with Crippen LogP contribution < -0.4 is 11.1 Å². The molecule has 0 aliphatic rings. The van der Waals surface area contributed by atoms with Gasteiger partial charge >= 0.3 is 5.97 Å². The van der Waals surface area contributed by atoms with Crippen molar-refractivity contribution in [3.63, 3.8) is 0 Å². The van der Waals surface area contributed by atoms with Crippen LogP contribution in [0.1, 0.15) is 0 Å². The van der Waals surface area contributed by atoms with Crippen molar-refractivity contribution in [2.24, 2.45) is 5.73 Å². The summed E-state index contributed by atoms with van der Waals surface area (Å²) in [5.74, 6) is -0.880. The van der Waals surface area contributed by atoms with Gasteiger partial charge in [-0.2, -0.15) is 0 Å². The Hall–Kier alpha value is -1.75. The number of hydrogen-bond donors (Lipinski definition) is 4. The number of phenolic OH excluding ortho intramolecular Hbond substituents is 1. The zero-order chi connectivity index (χ0) is 10.6. The van der Waals surface area contributed by atoms with Gasteiger partial charge in [0.05, 0.1) is 0 Å². The van der Waals surface area contributed by atoms with Crippen LogP contribution in [0.2, 0.25) is 0 Å². The number of aliphatic carboxylic acids is 1. The van der Waals surface area contributed by atoms with Crippen LogP contribution in [0.15, 0.2) is 24.3 Å². The van der Waals surface area contributed by atoms with Gasteiger partial charge in [0, 0.05) is 12.2 Å². The highest BCUT2D eigenvalue weighted by Gasteiger charge is 2.09. The van der Waals surface area contributed by atoms with E-state index in [-0.39, 0.29) is 12.3 Å². The maximum Gasteiger partial charge on any atom is 0.322 e. The Morgan fingerprint density at radius 2 is 2.00 bits per heavy atom. The fraction of sp³-hybridized carbons (Fsp3) is 0.222. The van der Waals surface area contributed by atoms with Crippen LogP contribution in [0.3, 0.4) is 0 Å². The fourth-order valence-electron chi connectivity index (χ4n) is 0.894. The minimum absolute atomic E-state index is 0.153. The predicted octanol–water partition coefficient (Wildman–Crippen LogP) is 0.216. The summed E-state index contributed by atoms with van der Waals surface area (Å²) in [7, 11) is 0. The van der Waals surface area contributed by atoms with Gasteiger partial charge in [-0.1, -0.05) is 0 Å². The second kappa shape index (κ2) is 4.48. The molecule has 14 heavy (non-hydrogen) atoms. The van der Waals surface area contributed by atoms with Gasteiger partial charge in [-0.05, 0) is 24.3 Å². The summed E-state index contributed by atoms with van der Waals surface area (Å²) in [6.45, 7) is 0.153. The third-order valence-corrected chi connectivity index (χ3v) is 1.71. The van der Waals surface area contributed by atoms with E-state index in [1.807, 2.05) is 0 Å². The SMILES string of the molecule is N[C@H](CNc1ccc(O)cc1)C(=O)O. The molecule has 0 radical (unpaired) electrons. The Bertz CT molecular complexity index is 310. The van der Waals surface area contributed by atoms with E-state index in [9.17, 15) is 4.79 Å². The van der Waals surface area contributed by atoms with Gasteiger partial charge < -0.3 is 21.3 Å². The number of hydrogen-bond acceptors (Lipinski definition) is 4. The van der Waals surface area contributed by atoms with Crippen molar-refractivity contribution in [2.45, 2.75) is 6.04 Å². The summed E-state index contributed by atoms with van der Waals surface area (Å²) in [5.41, 5.74) is 6.00. The first-order valence-electron chi connectivity index (χ1n) is 4.11. The molecule has 0 bridgehead atoms. The summed E-state index contributed by atoms with van der Waals surface area (Å²) < 4.78 is 0. The number of nitrogens with two attached hydrogens (primary N) is 1. The molecule has 0 aliphatic heterocycles. The number of nitrogens with one attached hydrogen (secondary N) is 1. The standard InChI is InChI=1S/C9H12N2O3/c10-8(9(13)14)5-11-6-1-3-7(12)4-2-6/h1-4,8,11-12H,5,10H2,(H,13,14)/t8-/m1/s1. The average molecular weight is 196 g/mol. The lowest BCUT2D eigenvalue weighted by atomic mass is 10.2. The molecule has 0 spiro atoms. The van der Waals surface area contributed by atoms with Crippen LogP contribution in [-0.4, -0.2) is 28.8 Å². The van der Waals surface area contributed by atoms with Crippen LogP contribution in [0.25, 0.3) is 0 Å². The van der Waals surface area contributed by atoms with Crippen LogP contribution in [0.4, 0.5) is 5.69 Å². The van der Waals surface area contributed by atoms with E-state index in [4.69, 9.17) is 15.9 Å². The normalized spacial score (nSPS) is 12.1. The lowest BCUT2D eigenvalue weighted by molar-refractivity contribution is -0.138. The van der Waals surface area contributed by atoms with E-state index in [0.717, 1.165) is 5.69 Å². The van der Waals surface area contributed by atoms with Crippen molar-refractivity contribution >= 4 is 11.7 Å². The van der Waals surface area contributed by atoms with Crippen molar-refractivity contribution in [1.82, 2.24) is 0 Å². The molecule has 1 atom stereocenters. The first-order valence-corrected chi connectivity index (χ1v) is 4.11. The first kappa shape index (κ1) is 10.3. The molecule has 0 aromatic heterocycles. The van der Waals surface area contributed by atoms with E-state index in [1.165, 1.54) is 12.1 Å². The molecule has 0 heterocycles. The van der Waals surface area contributed by atoms with Gasteiger partial charge in [-0.3, -0.25) is 4.79 Å². The summed E-state index contributed by atoms with van der Waals surface area (Å²) in [6, 6.07) is 5.38. The smallest absolute Gasteiger partial charge is 0.322 e. The maximum absolute atomic E-state index is 10.4. The largest absolute Gasteiger partial charge is 0.508 e. The third kappa shape index (κ3) is 2.95. The monoisotopic (exact) mass is 196 g/mol. The predicted molar refractivity (Wildman–Crippen MR) is 52.2 cm³/mol. The van der Waals surface area contributed by atoms with Crippen molar-refractivity contribution < 1.29 is 15.0 Å². The lowest BCUT2D eigenvalue weighted by Gasteiger charge is -2.09. The number of carboxylic acid groups (broad SMARTS) is 1. The summed E-state index contributed by atoms with van der Waals surface area (Å²) in [5, 5.41) is 20.3. The number of rotatable bonds is 4. The summed E-state index contributed by atoms with van der Waals surface area (Å²) in [6.07, 6.45) is 0. The summed E-state index contributed by atoms with van der Waals surface area (Å²) >= 11 is 0.